The van der Waals surface area contributed by atoms with Crippen LogP contribution in [0.2, 0.25) is 0 Å². The number of carbonyl (C=O) groups is 2. The molecule has 4 aromatic rings. The highest BCUT2D eigenvalue weighted by atomic mass is 16.5. The molecule has 4 rings (SSSR count). The Balaban J connectivity index is 1.35. The highest BCUT2D eigenvalue weighted by Gasteiger charge is 2.21. The largest absolute Gasteiger partial charge is 0.489 e. The molecule has 1 atom stereocenters. The van der Waals surface area contributed by atoms with Crippen LogP contribution in [0.3, 0.4) is 0 Å². The quantitative estimate of drug-likeness (QED) is 0.359. The fraction of sp³-hybridized carbons (Fsp3) is 0.103. The van der Waals surface area contributed by atoms with Crippen LogP contribution >= 0.6 is 0 Å². The maximum Gasteiger partial charge on any atom is 0.326 e. The summed E-state index contributed by atoms with van der Waals surface area (Å²) in [7, 11) is 0. The average Bonchev–Trinajstić information content (AvgIpc) is 2.89. The molecule has 170 valence electrons. The number of rotatable bonds is 9. The fourth-order valence-corrected chi connectivity index (χ4v) is 3.58. The van der Waals surface area contributed by atoms with Crippen molar-refractivity contribution in [1.29, 1.82) is 0 Å². The van der Waals surface area contributed by atoms with Crippen molar-refractivity contribution in [3.05, 3.63) is 126 Å². The van der Waals surface area contributed by atoms with Crippen molar-refractivity contribution in [2.24, 2.45) is 0 Å². The van der Waals surface area contributed by atoms with Crippen LogP contribution in [0.25, 0.3) is 11.1 Å². The number of aliphatic carboxylic acids is 1. The van der Waals surface area contributed by atoms with Gasteiger partial charge in [0.25, 0.3) is 5.91 Å². The summed E-state index contributed by atoms with van der Waals surface area (Å²) in [6.07, 6.45) is 0.189. The summed E-state index contributed by atoms with van der Waals surface area (Å²) in [6, 6.07) is 33.1. The number of hydrogen-bond acceptors (Lipinski definition) is 3. The third-order valence-corrected chi connectivity index (χ3v) is 5.47. The van der Waals surface area contributed by atoms with E-state index in [0.717, 1.165) is 22.3 Å². The van der Waals surface area contributed by atoms with Crippen LogP contribution in [0.4, 0.5) is 0 Å². The minimum absolute atomic E-state index is 0.189. The summed E-state index contributed by atoms with van der Waals surface area (Å²) in [4.78, 5) is 24.5. The summed E-state index contributed by atoms with van der Waals surface area (Å²) in [5.74, 6) is -0.889. The van der Waals surface area contributed by atoms with E-state index >= 15 is 0 Å². The second-order valence-corrected chi connectivity index (χ2v) is 7.93. The first-order chi connectivity index (χ1) is 16.6. The Morgan fingerprint density at radius 1 is 0.706 bits per heavy atom. The zero-order chi connectivity index (χ0) is 23.8. The van der Waals surface area contributed by atoms with Crippen molar-refractivity contribution in [3.63, 3.8) is 0 Å². The van der Waals surface area contributed by atoms with Gasteiger partial charge in [0.2, 0.25) is 0 Å². The van der Waals surface area contributed by atoms with Gasteiger partial charge in [-0.05, 0) is 46.5 Å². The SMILES string of the molecule is O=C(NC(Cc1ccc(-c2ccccc2)cc1)C(=O)O)c1ccc(OCc2ccccc2)cc1. The lowest BCUT2D eigenvalue weighted by Crippen LogP contribution is -2.42. The minimum Gasteiger partial charge on any atom is -0.489 e. The summed E-state index contributed by atoms with van der Waals surface area (Å²) in [6.45, 7) is 0.427. The molecule has 0 radical (unpaired) electrons. The zero-order valence-electron chi connectivity index (χ0n) is 18.6. The minimum atomic E-state index is -1.08. The Bertz CT molecular complexity index is 1220. The molecule has 0 aromatic heterocycles. The van der Waals surface area contributed by atoms with Crippen molar-refractivity contribution in [1.82, 2.24) is 5.32 Å². The Labute approximate surface area is 198 Å². The Morgan fingerprint density at radius 2 is 1.29 bits per heavy atom. The molecule has 0 bridgehead atoms. The predicted octanol–water partition coefficient (Wildman–Crippen LogP) is 5.36. The summed E-state index contributed by atoms with van der Waals surface area (Å²) in [5.41, 5.74) is 4.39. The van der Waals surface area contributed by atoms with Gasteiger partial charge in [-0.2, -0.15) is 0 Å². The van der Waals surface area contributed by atoms with Gasteiger partial charge in [0.05, 0.1) is 0 Å². The van der Waals surface area contributed by atoms with E-state index in [-0.39, 0.29) is 6.42 Å². The van der Waals surface area contributed by atoms with Crippen LogP contribution in [0.5, 0.6) is 5.75 Å². The Hall–Kier alpha value is -4.38. The van der Waals surface area contributed by atoms with Gasteiger partial charge < -0.3 is 15.2 Å². The molecule has 0 fully saturated rings. The topological polar surface area (TPSA) is 75.6 Å². The van der Waals surface area contributed by atoms with Crippen molar-refractivity contribution >= 4 is 11.9 Å². The second kappa shape index (κ2) is 11.0. The van der Waals surface area contributed by atoms with Gasteiger partial charge in [-0.25, -0.2) is 4.79 Å². The number of carboxylic acids is 1. The van der Waals surface area contributed by atoms with Crippen LogP contribution in [0, 0.1) is 0 Å². The molecule has 0 aliphatic heterocycles. The van der Waals surface area contributed by atoms with Crippen LogP contribution in [0.1, 0.15) is 21.5 Å². The van der Waals surface area contributed by atoms with E-state index in [2.05, 4.69) is 5.32 Å². The molecular weight excluding hydrogens is 426 g/mol. The maximum absolute atomic E-state index is 12.7. The number of hydrogen-bond donors (Lipinski definition) is 2. The Kier molecular flexibility index (Phi) is 7.35. The smallest absolute Gasteiger partial charge is 0.326 e. The molecule has 5 nitrogen and oxygen atoms in total. The van der Waals surface area contributed by atoms with E-state index in [9.17, 15) is 14.7 Å². The fourth-order valence-electron chi connectivity index (χ4n) is 3.58. The van der Waals surface area contributed by atoms with E-state index in [4.69, 9.17) is 4.74 Å². The van der Waals surface area contributed by atoms with Crippen molar-refractivity contribution in [2.75, 3.05) is 0 Å². The van der Waals surface area contributed by atoms with E-state index in [1.54, 1.807) is 24.3 Å². The third-order valence-electron chi connectivity index (χ3n) is 5.47. The Morgan fingerprint density at radius 3 is 1.91 bits per heavy atom. The van der Waals surface area contributed by atoms with Gasteiger partial charge >= 0.3 is 5.97 Å². The van der Waals surface area contributed by atoms with E-state index in [1.165, 1.54) is 0 Å². The zero-order valence-corrected chi connectivity index (χ0v) is 18.6. The van der Waals surface area contributed by atoms with Gasteiger partial charge in [-0.15, -0.1) is 0 Å². The van der Waals surface area contributed by atoms with Crippen LogP contribution in [-0.4, -0.2) is 23.0 Å². The molecule has 34 heavy (non-hydrogen) atoms. The lowest BCUT2D eigenvalue weighted by atomic mass is 10.0. The van der Waals surface area contributed by atoms with Crippen LogP contribution < -0.4 is 10.1 Å². The van der Waals surface area contributed by atoms with Gasteiger partial charge in [0, 0.05) is 12.0 Å². The molecule has 1 amide bonds. The molecule has 1 unspecified atom stereocenters. The highest BCUT2D eigenvalue weighted by molar-refractivity contribution is 5.96. The molecular formula is C29H25NO4. The summed E-state index contributed by atoms with van der Waals surface area (Å²) in [5, 5.41) is 12.3. The number of ether oxygens (including phenoxy) is 1. The van der Waals surface area contributed by atoms with E-state index < -0.39 is 17.9 Å². The van der Waals surface area contributed by atoms with Crippen LogP contribution in [-0.2, 0) is 17.8 Å². The number of carbonyl (C=O) groups excluding carboxylic acids is 1. The van der Waals surface area contributed by atoms with E-state index in [0.29, 0.717) is 17.9 Å². The maximum atomic E-state index is 12.7. The van der Waals surface area contributed by atoms with Gasteiger partial charge in [-0.3, -0.25) is 4.79 Å². The molecule has 4 aromatic carbocycles. The van der Waals surface area contributed by atoms with Gasteiger partial charge in [-0.1, -0.05) is 84.9 Å². The molecule has 0 spiro atoms. The van der Waals surface area contributed by atoms with Crippen molar-refractivity contribution in [3.8, 4) is 16.9 Å². The molecule has 0 heterocycles. The monoisotopic (exact) mass is 451 g/mol. The lowest BCUT2D eigenvalue weighted by molar-refractivity contribution is -0.139. The van der Waals surface area contributed by atoms with Gasteiger partial charge in [0.1, 0.15) is 18.4 Å². The van der Waals surface area contributed by atoms with E-state index in [1.807, 2.05) is 84.9 Å². The number of benzene rings is 4. The van der Waals surface area contributed by atoms with Gasteiger partial charge in [0.15, 0.2) is 0 Å². The normalized spacial score (nSPS) is 11.4. The first kappa shape index (κ1) is 22.8. The van der Waals surface area contributed by atoms with Crippen molar-refractivity contribution in [2.45, 2.75) is 19.1 Å². The molecule has 2 N–H and O–H groups in total. The van der Waals surface area contributed by atoms with Crippen LogP contribution in [0.15, 0.2) is 109 Å². The molecule has 5 heteroatoms. The summed E-state index contributed by atoms with van der Waals surface area (Å²) >= 11 is 0. The standard InChI is InChI=1S/C29H25NO4/c31-28(25-15-17-26(18-16-25)34-20-22-7-3-1-4-8-22)30-27(29(32)33)19-21-11-13-24(14-12-21)23-9-5-2-6-10-23/h1-18,27H,19-20H2,(H,30,31)(H,32,33). The second-order valence-electron chi connectivity index (χ2n) is 7.93. The predicted molar refractivity (Wildman–Crippen MR) is 132 cm³/mol. The number of nitrogens with one attached hydrogen (secondary N) is 1. The molecule has 0 aliphatic rings. The first-order valence-electron chi connectivity index (χ1n) is 11.0. The van der Waals surface area contributed by atoms with Crippen molar-refractivity contribution < 1.29 is 19.4 Å². The third kappa shape index (κ3) is 6.11. The highest BCUT2D eigenvalue weighted by Crippen LogP contribution is 2.20. The summed E-state index contributed by atoms with van der Waals surface area (Å²) < 4.78 is 5.74. The average molecular weight is 452 g/mol. The first-order valence-corrected chi connectivity index (χ1v) is 11.0. The molecule has 0 saturated heterocycles. The number of carboxylic acid groups (broad SMARTS) is 1. The number of amides is 1. The molecule has 0 aliphatic carbocycles. The lowest BCUT2D eigenvalue weighted by Gasteiger charge is -2.15. The molecule has 0 saturated carbocycles.